The van der Waals surface area contributed by atoms with Gasteiger partial charge in [-0.1, -0.05) is 25.0 Å². The van der Waals surface area contributed by atoms with Gasteiger partial charge in [0, 0.05) is 18.4 Å². The van der Waals surface area contributed by atoms with Crippen LogP contribution in [0.3, 0.4) is 0 Å². The van der Waals surface area contributed by atoms with Crippen LogP contribution in [-0.4, -0.2) is 35.4 Å². The van der Waals surface area contributed by atoms with E-state index >= 15 is 0 Å². The van der Waals surface area contributed by atoms with E-state index in [0.717, 1.165) is 12.8 Å². The topological polar surface area (TPSA) is 120 Å². The number of phenolic OH excluding ortho intramolecular Hbond substituents is 2. The summed E-state index contributed by atoms with van der Waals surface area (Å²) in [6.07, 6.45) is 5.07. The molecule has 0 unspecified atom stereocenters. The van der Waals surface area contributed by atoms with Gasteiger partial charge in [-0.2, -0.15) is 5.10 Å². The molecule has 0 aliphatic carbocycles. The first kappa shape index (κ1) is 22.7. The van der Waals surface area contributed by atoms with Gasteiger partial charge in [0.1, 0.15) is 17.2 Å². The number of amides is 2. The summed E-state index contributed by atoms with van der Waals surface area (Å²) in [4.78, 5) is 23.7. The molecule has 0 heterocycles. The van der Waals surface area contributed by atoms with Crippen LogP contribution in [0.5, 0.6) is 17.2 Å². The fourth-order valence-corrected chi connectivity index (χ4v) is 2.71. The standard InChI is InChI=1S/C22H27N3O5/c1-30-17-12-13-19(26)16(14-17)15-23-25-22(29)11-5-3-2-4-10-21(28)24-18-8-6-7-9-20(18)27/h6-9,12-15,26-27H,2-5,10-11H2,1H3,(H,24,28)(H,25,29)/b23-15+. The number of para-hydroxylation sites is 2. The van der Waals surface area contributed by atoms with E-state index in [-0.39, 0.29) is 23.3 Å². The maximum Gasteiger partial charge on any atom is 0.240 e. The van der Waals surface area contributed by atoms with Crippen molar-refractivity contribution in [2.24, 2.45) is 5.10 Å². The summed E-state index contributed by atoms with van der Waals surface area (Å²) in [6.45, 7) is 0. The number of hydrogen-bond donors (Lipinski definition) is 4. The van der Waals surface area contributed by atoms with Gasteiger partial charge in [0.05, 0.1) is 19.0 Å². The van der Waals surface area contributed by atoms with Crippen molar-refractivity contribution in [1.82, 2.24) is 5.43 Å². The Morgan fingerprint density at radius 2 is 1.67 bits per heavy atom. The molecule has 0 aliphatic rings. The van der Waals surface area contributed by atoms with Crippen LogP contribution < -0.4 is 15.5 Å². The number of rotatable bonds is 11. The lowest BCUT2D eigenvalue weighted by atomic mass is 10.1. The van der Waals surface area contributed by atoms with Crippen molar-refractivity contribution >= 4 is 23.7 Å². The molecule has 2 rings (SSSR count). The minimum absolute atomic E-state index is 0.0420. The average molecular weight is 413 g/mol. The maximum absolute atomic E-state index is 11.9. The maximum atomic E-state index is 11.9. The number of unbranched alkanes of at least 4 members (excludes halogenated alkanes) is 3. The Balaban J connectivity index is 1.58. The van der Waals surface area contributed by atoms with Crippen LogP contribution in [0.2, 0.25) is 0 Å². The highest BCUT2D eigenvalue weighted by Crippen LogP contribution is 2.22. The number of phenols is 2. The Bertz CT molecular complexity index is 883. The molecule has 0 atom stereocenters. The summed E-state index contributed by atoms with van der Waals surface area (Å²) in [7, 11) is 1.52. The molecular weight excluding hydrogens is 386 g/mol. The first-order valence-electron chi connectivity index (χ1n) is 9.76. The Morgan fingerprint density at radius 1 is 0.967 bits per heavy atom. The van der Waals surface area contributed by atoms with Gasteiger partial charge in [0.2, 0.25) is 11.8 Å². The zero-order valence-electron chi connectivity index (χ0n) is 16.9. The van der Waals surface area contributed by atoms with Gasteiger partial charge in [-0.25, -0.2) is 5.43 Å². The van der Waals surface area contributed by atoms with Crippen molar-refractivity contribution in [2.45, 2.75) is 38.5 Å². The van der Waals surface area contributed by atoms with Gasteiger partial charge in [-0.15, -0.1) is 0 Å². The molecule has 0 spiro atoms. The third-order valence-corrected chi connectivity index (χ3v) is 4.36. The highest BCUT2D eigenvalue weighted by atomic mass is 16.5. The molecule has 2 aromatic carbocycles. The Morgan fingerprint density at radius 3 is 2.37 bits per heavy atom. The van der Waals surface area contributed by atoms with Crippen LogP contribution in [0.15, 0.2) is 47.6 Å². The van der Waals surface area contributed by atoms with E-state index in [1.165, 1.54) is 25.5 Å². The predicted molar refractivity (Wildman–Crippen MR) is 115 cm³/mol. The zero-order chi connectivity index (χ0) is 21.8. The number of aromatic hydroxyl groups is 2. The van der Waals surface area contributed by atoms with Crippen LogP contribution in [0.1, 0.15) is 44.1 Å². The SMILES string of the molecule is COc1ccc(O)c(/C=N/NC(=O)CCCCCCC(=O)Nc2ccccc2O)c1. The van der Waals surface area contributed by atoms with E-state index in [1.54, 1.807) is 30.3 Å². The molecule has 2 amide bonds. The molecule has 2 aromatic rings. The third-order valence-electron chi connectivity index (χ3n) is 4.36. The van der Waals surface area contributed by atoms with E-state index in [4.69, 9.17) is 4.74 Å². The monoisotopic (exact) mass is 413 g/mol. The quantitative estimate of drug-likeness (QED) is 0.194. The van der Waals surface area contributed by atoms with Crippen LogP contribution in [0.4, 0.5) is 5.69 Å². The lowest BCUT2D eigenvalue weighted by Gasteiger charge is -2.06. The lowest BCUT2D eigenvalue weighted by Crippen LogP contribution is -2.17. The summed E-state index contributed by atoms with van der Waals surface area (Å²) in [6, 6.07) is 11.3. The van der Waals surface area contributed by atoms with E-state index in [2.05, 4.69) is 15.8 Å². The smallest absolute Gasteiger partial charge is 0.240 e. The van der Waals surface area contributed by atoms with Crippen LogP contribution in [-0.2, 0) is 9.59 Å². The zero-order valence-corrected chi connectivity index (χ0v) is 16.9. The summed E-state index contributed by atoms with van der Waals surface area (Å²) < 4.78 is 5.08. The average Bonchev–Trinajstić information content (AvgIpc) is 2.73. The van der Waals surface area contributed by atoms with E-state index in [9.17, 15) is 19.8 Å². The first-order chi connectivity index (χ1) is 14.5. The first-order valence-corrected chi connectivity index (χ1v) is 9.76. The number of nitrogens with one attached hydrogen (secondary N) is 2. The molecule has 8 nitrogen and oxygen atoms in total. The van der Waals surface area contributed by atoms with Gasteiger partial charge in [0.25, 0.3) is 0 Å². The number of carbonyl (C=O) groups excluding carboxylic acids is 2. The number of nitrogens with zero attached hydrogens (tertiary/aromatic N) is 1. The normalized spacial score (nSPS) is 10.7. The highest BCUT2D eigenvalue weighted by Gasteiger charge is 2.06. The fraction of sp³-hybridized carbons (Fsp3) is 0.318. The van der Waals surface area contributed by atoms with E-state index < -0.39 is 0 Å². The van der Waals surface area contributed by atoms with Crippen molar-refractivity contribution in [3.8, 4) is 17.2 Å². The second-order valence-corrected chi connectivity index (χ2v) is 6.70. The number of methoxy groups -OCH3 is 1. The van der Waals surface area contributed by atoms with Crippen molar-refractivity contribution < 1.29 is 24.5 Å². The van der Waals surface area contributed by atoms with Crippen LogP contribution in [0, 0.1) is 0 Å². The molecule has 160 valence electrons. The van der Waals surface area contributed by atoms with Crippen LogP contribution in [0.25, 0.3) is 0 Å². The molecule has 8 heteroatoms. The van der Waals surface area contributed by atoms with E-state index in [0.29, 0.717) is 42.7 Å². The minimum Gasteiger partial charge on any atom is -0.507 e. The molecule has 0 saturated carbocycles. The lowest BCUT2D eigenvalue weighted by molar-refractivity contribution is -0.121. The largest absolute Gasteiger partial charge is 0.507 e. The minimum atomic E-state index is -0.217. The molecule has 30 heavy (non-hydrogen) atoms. The van der Waals surface area contributed by atoms with Crippen molar-refractivity contribution in [2.75, 3.05) is 12.4 Å². The molecule has 0 aromatic heterocycles. The van der Waals surface area contributed by atoms with Crippen molar-refractivity contribution in [3.63, 3.8) is 0 Å². The second-order valence-electron chi connectivity index (χ2n) is 6.70. The predicted octanol–water partition coefficient (Wildman–Crippen LogP) is 3.54. The number of hydrazone groups is 1. The number of carbonyl (C=O) groups is 2. The van der Waals surface area contributed by atoms with Gasteiger partial charge < -0.3 is 20.3 Å². The third kappa shape index (κ3) is 7.83. The van der Waals surface area contributed by atoms with Crippen LogP contribution >= 0.6 is 0 Å². The summed E-state index contributed by atoms with van der Waals surface area (Å²) in [5.41, 5.74) is 3.27. The molecule has 0 aliphatic heterocycles. The van der Waals surface area contributed by atoms with Crippen molar-refractivity contribution in [3.05, 3.63) is 48.0 Å². The second kappa shape index (κ2) is 12.1. The fourth-order valence-electron chi connectivity index (χ4n) is 2.71. The summed E-state index contributed by atoms with van der Waals surface area (Å²) in [5.74, 6) is 0.298. The van der Waals surface area contributed by atoms with Gasteiger partial charge in [0.15, 0.2) is 0 Å². The number of hydrogen-bond acceptors (Lipinski definition) is 6. The molecule has 0 saturated heterocycles. The molecule has 0 radical (unpaired) electrons. The summed E-state index contributed by atoms with van der Waals surface area (Å²) in [5, 5.41) is 25.9. The number of anilines is 1. The molecule has 0 bridgehead atoms. The summed E-state index contributed by atoms with van der Waals surface area (Å²) >= 11 is 0. The Kier molecular flexibility index (Phi) is 9.18. The van der Waals surface area contributed by atoms with Gasteiger partial charge >= 0.3 is 0 Å². The number of benzene rings is 2. The van der Waals surface area contributed by atoms with E-state index in [1.807, 2.05) is 0 Å². The molecule has 0 fully saturated rings. The molecule has 4 N–H and O–H groups in total. The highest BCUT2D eigenvalue weighted by molar-refractivity contribution is 5.92. The van der Waals surface area contributed by atoms with Gasteiger partial charge in [-0.3, -0.25) is 9.59 Å². The van der Waals surface area contributed by atoms with Crippen molar-refractivity contribution in [1.29, 1.82) is 0 Å². The molecular formula is C22H27N3O5. The number of ether oxygens (including phenoxy) is 1. The van der Waals surface area contributed by atoms with Gasteiger partial charge in [-0.05, 0) is 43.2 Å². The Hall–Kier alpha value is -3.55. The Labute approximate surface area is 175 Å².